The van der Waals surface area contributed by atoms with Crippen LogP contribution in [0.5, 0.6) is 17.2 Å². The minimum atomic E-state index is -0.147. The van der Waals surface area contributed by atoms with E-state index in [1.165, 1.54) is 0 Å². The van der Waals surface area contributed by atoms with Crippen molar-refractivity contribution in [3.8, 4) is 17.2 Å². The largest absolute Gasteiger partial charge is 0.496 e. The van der Waals surface area contributed by atoms with Crippen LogP contribution in [0, 0.1) is 0 Å². The fourth-order valence-electron chi connectivity index (χ4n) is 3.81. The monoisotopic (exact) mass is 478 g/mol. The quantitative estimate of drug-likeness (QED) is 0.501. The van der Waals surface area contributed by atoms with E-state index in [1.807, 2.05) is 36.4 Å². The van der Waals surface area contributed by atoms with Gasteiger partial charge in [-0.15, -0.1) is 0 Å². The Kier molecular flexibility index (Phi) is 5.21. The molecule has 7 heteroatoms. The molecular weight excluding hydrogens is 460 g/mol. The number of hydrogen-bond donors (Lipinski definition) is 0. The Bertz CT molecular complexity index is 1190. The average molecular weight is 479 g/mol. The molecule has 0 spiro atoms. The number of halogens is 1. The lowest BCUT2D eigenvalue weighted by atomic mass is 10.0. The summed E-state index contributed by atoms with van der Waals surface area (Å²) in [5.41, 5.74) is 3.34. The van der Waals surface area contributed by atoms with Crippen molar-refractivity contribution >= 4 is 27.8 Å². The van der Waals surface area contributed by atoms with Gasteiger partial charge >= 0.3 is 0 Å². The van der Waals surface area contributed by atoms with Crippen LogP contribution in [0.2, 0.25) is 0 Å². The molecule has 2 aromatic carbocycles. The maximum absolute atomic E-state index is 13.0. The molecule has 156 valence electrons. The Morgan fingerprint density at radius 3 is 2.84 bits per heavy atom. The summed E-state index contributed by atoms with van der Waals surface area (Å²) < 4.78 is 18.3. The Morgan fingerprint density at radius 2 is 2.03 bits per heavy atom. The molecule has 0 atom stereocenters. The van der Waals surface area contributed by atoms with E-state index in [-0.39, 0.29) is 11.5 Å². The molecule has 0 N–H and O–H groups in total. The van der Waals surface area contributed by atoms with Gasteiger partial charge in [0.2, 0.25) is 5.78 Å². The molecule has 5 rings (SSSR count). The highest BCUT2D eigenvalue weighted by Gasteiger charge is 2.33. The Hall–Kier alpha value is -3.16. The van der Waals surface area contributed by atoms with Crippen LogP contribution in [-0.4, -0.2) is 29.5 Å². The zero-order valence-corrected chi connectivity index (χ0v) is 18.4. The van der Waals surface area contributed by atoms with Gasteiger partial charge in [0.1, 0.15) is 24.0 Å². The predicted octanol–water partition coefficient (Wildman–Crippen LogP) is 4.82. The molecule has 2 aliphatic rings. The van der Waals surface area contributed by atoms with E-state index in [9.17, 15) is 4.79 Å². The summed E-state index contributed by atoms with van der Waals surface area (Å²) in [6, 6.07) is 13.2. The maximum atomic E-state index is 13.0. The summed E-state index contributed by atoms with van der Waals surface area (Å²) in [6.45, 7) is 1.82. The van der Waals surface area contributed by atoms with E-state index in [1.54, 1.807) is 31.6 Å². The van der Waals surface area contributed by atoms with Crippen molar-refractivity contribution in [1.29, 1.82) is 0 Å². The van der Waals surface area contributed by atoms with Crippen LogP contribution in [0.1, 0.15) is 27.0 Å². The molecule has 0 unspecified atom stereocenters. The topological polar surface area (TPSA) is 60.9 Å². The number of ketones is 1. The van der Waals surface area contributed by atoms with E-state index in [2.05, 4.69) is 25.8 Å². The zero-order valence-electron chi connectivity index (χ0n) is 16.8. The first-order chi connectivity index (χ1) is 15.1. The van der Waals surface area contributed by atoms with Crippen LogP contribution >= 0.6 is 15.9 Å². The second-order valence-electron chi connectivity index (χ2n) is 7.36. The minimum Gasteiger partial charge on any atom is -0.496 e. The van der Waals surface area contributed by atoms with Gasteiger partial charge < -0.3 is 14.2 Å². The van der Waals surface area contributed by atoms with Crippen molar-refractivity contribution in [2.45, 2.75) is 13.1 Å². The molecule has 0 fully saturated rings. The molecule has 6 nitrogen and oxygen atoms in total. The van der Waals surface area contributed by atoms with Gasteiger partial charge in [0, 0.05) is 35.5 Å². The normalized spacial score (nSPS) is 16.5. The molecule has 0 aliphatic carbocycles. The summed E-state index contributed by atoms with van der Waals surface area (Å²) in [5, 5.41) is 0. The fourth-order valence-corrected chi connectivity index (χ4v) is 4.19. The highest BCUT2D eigenvalue weighted by Crippen LogP contribution is 2.42. The summed E-state index contributed by atoms with van der Waals surface area (Å²) in [7, 11) is 1.60. The number of ether oxygens (including phenoxy) is 3. The summed E-state index contributed by atoms with van der Waals surface area (Å²) in [5.74, 6) is 2.11. The van der Waals surface area contributed by atoms with Gasteiger partial charge in [-0.05, 0) is 54.1 Å². The Balaban J connectivity index is 1.45. The number of carbonyl (C=O) groups excluding carboxylic acids is 1. The number of allylic oxidation sites excluding steroid dienone is 1. The number of nitrogens with zero attached hydrogens (tertiary/aromatic N) is 2. The molecule has 31 heavy (non-hydrogen) atoms. The number of pyridine rings is 1. The van der Waals surface area contributed by atoms with E-state index < -0.39 is 0 Å². The van der Waals surface area contributed by atoms with Gasteiger partial charge in [-0.2, -0.15) is 0 Å². The Labute approximate surface area is 188 Å². The summed E-state index contributed by atoms with van der Waals surface area (Å²) in [4.78, 5) is 19.3. The van der Waals surface area contributed by atoms with Gasteiger partial charge in [-0.3, -0.25) is 14.7 Å². The van der Waals surface area contributed by atoms with E-state index >= 15 is 0 Å². The lowest BCUT2D eigenvalue weighted by Gasteiger charge is -2.29. The van der Waals surface area contributed by atoms with Crippen LogP contribution in [0.15, 0.2) is 65.1 Å². The molecule has 0 amide bonds. The molecule has 2 aliphatic heterocycles. The van der Waals surface area contributed by atoms with Crippen molar-refractivity contribution in [3.63, 3.8) is 0 Å². The van der Waals surface area contributed by atoms with Gasteiger partial charge in [0.05, 0.1) is 18.2 Å². The number of Topliss-reactive ketones (excluding diaryl/α,β-unsaturated/α-hetero) is 1. The van der Waals surface area contributed by atoms with Gasteiger partial charge in [0.15, 0.2) is 5.76 Å². The number of aromatic nitrogens is 1. The fraction of sp³-hybridized carbons (Fsp3) is 0.167. The Morgan fingerprint density at radius 1 is 1.19 bits per heavy atom. The van der Waals surface area contributed by atoms with Crippen molar-refractivity contribution in [3.05, 3.63) is 87.3 Å². The van der Waals surface area contributed by atoms with Crippen LogP contribution in [0.25, 0.3) is 6.08 Å². The lowest BCUT2D eigenvalue weighted by molar-refractivity contribution is 0.0872. The molecular formula is C24H19BrN2O4. The molecule has 0 saturated heterocycles. The van der Waals surface area contributed by atoms with Crippen molar-refractivity contribution < 1.29 is 19.0 Å². The number of methoxy groups -OCH3 is 1. The number of rotatable bonds is 4. The van der Waals surface area contributed by atoms with Crippen molar-refractivity contribution in [1.82, 2.24) is 9.88 Å². The summed E-state index contributed by atoms with van der Waals surface area (Å²) in [6.07, 6.45) is 5.28. The molecule has 1 aromatic heterocycles. The second kappa shape index (κ2) is 8.17. The smallest absolute Gasteiger partial charge is 0.231 e. The van der Waals surface area contributed by atoms with Gasteiger partial charge in [-0.1, -0.05) is 15.9 Å². The molecule has 0 bridgehead atoms. The molecule has 3 heterocycles. The SMILES string of the molecule is COc1ccc(Br)cc1/C=C1\Oc2c(ccc3c2CN(Cc2ccncc2)CO3)C1=O. The first kappa shape index (κ1) is 19.8. The van der Waals surface area contributed by atoms with Crippen LogP contribution in [-0.2, 0) is 13.1 Å². The third-order valence-corrected chi connectivity index (χ3v) is 5.81. The molecule has 3 aromatic rings. The second-order valence-corrected chi connectivity index (χ2v) is 8.28. The first-order valence-electron chi connectivity index (χ1n) is 9.80. The van der Waals surface area contributed by atoms with E-state index in [0.717, 1.165) is 33.5 Å². The van der Waals surface area contributed by atoms with Crippen molar-refractivity contribution in [2.75, 3.05) is 13.8 Å². The third kappa shape index (κ3) is 3.82. The molecule has 0 radical (unpaired) electrons. The third-order valence-electron chi connectivity index (χ3n) is 5.32. The maximum Gasteiger partial charge on any atom is 0.231 e. The lowest BCUT2D eigenvalue weighted by Crippen LogP contribution is -2.31. The van der Waals surface area contributed by atoms with E-state index in [4.69, 9.17) is 14.2 Å². The highest BCUT2D eigenvalue weighted by atomic mass is 79.9. The van der Waals surface area contributed by atoms with Crippen LogP contribution in [0.3, 0.4) is 0 Å². The zero-order chi connectivity index (χ0) is 21.4. The standard InChI is InChI=1S/C24H19BrN2O4/c1-29-20-4-2-17(25)10-16(20)11-22-23(28)18-3-5-21-19(24(18)31-22)13-27(14-30-21)12-15-6-8-26-9-7-15/h2-11H,12-14H2,1H3/b22-11-. The molecule has 0 saturated carbocycles. The van der Waals surface area contributed by atoms with Crippen molar-refractivity contribution in [2.24, 2.45) is 0 Å². The number of hydrogen-bond acceptors (Lipinski definition) is 6. The van der Waals surface area contributed by atoms with Crippen LogP contribution in [0.4, 0.5) is 0 Å². The highest BCUT2D eigenvalue weighted by molar-refractivity contribution is 9.10. The predicted molar refractivity (Wildman–Crippen MR) is 119 cm³/mol. The summed E-state index contributed by atoms with van der Waals surface area (Å²) >= 11 is 3.46. The van der Waals surface area contributed by atoms with E-state index in [0.29, 0.717) is 30.3 Å². The number of fused-ring (bicyclic) bond motifs is 3. The average Bonchev–Trinajstić information content (AvgIpc) is 3.10. The minimum absolute atomic E-state index is 0.147. The van der Waals surface area contributed by atoms with Crippen LogP contribution < -0.4 is 14.2 Å². The first-order valence-corrected chi connectivity index (χ1v) is 10.6. The number of benzene rings is 2. The van der Waals surface area contributed by atoms with Gasteiger partial charge in [-0.25, -0.2) is 0 Å². The number of carbonyl (C=O) groups is 1. The van der Waals surface area contributed by atoms with Gasteiger partial charge in [0.25, 0.3) is 0 Å².